The van der Waals surface area contributed by atoms with Crippen LogP contribution in [-0.2, 0) is 14.8 Å². The van der Waals surface area contributed by atoms with Crippen molar-refractivity contribution < 1.29 is 22.7 Å². The van der Waals surface area contributed by atoms with Crippen molar-refractivity contribution in [2.75, 3.05) is 20.8 Å². The van der Waals surface area contributed by atoms with Crippen LogP contribution in [0.3, 0.4) is 0 Å². The fourth-order valence-electron chi connectivity index (χ4n) is 2.60. The van der Waals surface area contributed by atoms with E-state index in [0.29, 0.717) is 0 Å². The number of esters is 1. The van der Waals surface area contributed by atoms with Crippen LogP contribution in [0.5, 0.6) is 5.75 Å². The van der Waals surface area contributed by atoms with Gasteiger partial charge in [0.05, 0.1) is 19.1 Å². The van der Waals surface area contributed by atoms with Crippen LogP contribution < -0.4 is 14.8 Å². The highest BCUT2D eigenvalue weighted by Gasteiger charge is 2.27. The number of nitrogens with one attached hydrogen (secondary N) is 2. The Morgan fingerprint density at radius 1 is 1.35 bits per heavy atom. The lowest BCUT2D eigenvalue weighted by Gasteiger charge is -2.30. The van der Waals surface area contributed by atoms with Crippen LogP contribution in [0.4, 0.5) is 0 Å². The van der Waals surface area contributed by atoms with Gasteiger partial charge in [-0.25, -0.2) is 17.9 Å². The second-order valence-corrected chi connectivity index (χ2v) is 7.18. The third kappa shape index (κ3) is 4.01. The summed E-state index contributed by atoms with van der Waals surface area (Å²) in [5.74, 6) is -0.380. The number of hydrogen-bond donors (Lipinski definition) is 2. The molecule has 1 aromatic carbocycles. The van der Waals surface area contributed by atoms with Crippen molar-refractivity contribution in [1.82, 2.24) is 10.0 Å². The molecule has 0 saturated carbocycles. The van der Waals surface area contributed by atoms with Gasteiger partial charge < -0.3 is 14.8 Å². The number of methoxy groups -OCH3 is 2. The number of sulfonamides is 1. The molecule has 128 valence electrons. The monoisotopic (exact) mass is 342 g/mol. The van der Waals surface area contributed by atoms with E-state index in [1.807, 2.05) is 6.92 Å². The van der Waals surface area contributed by atoms with Gasteiger partial charge in [0.2, 0.25) is 10.0 Å². The molecule has 0 aromatic heterocycles. The lowest BCUT2D eigenvalue weighted by atomic mass is 10.0. The third-order valence-electron chi connectivity index (χ3n) is 3.95. The van der Waals surface area contributed by atoms with Gasteiger partial charge in [0.1, 0.15) is 11.3 Å². The third-order valence-corrected chi connectivity index (χ3v) is 5.44. The van der Waals surface area contributed by atoms with Gasteiger partial charge in [-0.1, -0.05) is 0 Å². The van der Waals surface area contributed by atoms with E-state index in [1.165, 1.54) is 32.4 Å². The van der Waals surface area contributed by atoms with Crippen LogP contribution in [-0.4, -0.2) is 47.2 Å². The van der Waals surface area contributed by atoms with Gasteiger partial charge in [-0.15, -0.1) is 0 Å². The molecule has 0 radical (unpaired) electrons. The Kier molecular flexibility index (Phi) is 5.61. The van der Waals surface area contributed by atoms with Gasteiger partial charge >= 0.3 is 5.97 Å². The molecule has 2 unspecified atom stereocenters. The Morgan fingerprint density at radius 2 is 2.09 bits per heavy atom. The van der Waals surface area contributed by atoms with Crippen molar-refractivity contribution >= 4 is 16.0 Å². The summed E-state index contributed by atoms with van der Waals surface area (Å²) in [4.78, 5) is 11.8. The van der Waals surface area contributed by atoms with Crippen molar-refractivity contribution in [2.24, 2.45) is 0 Å². The van der Waals surface area contributed by atoms with E-state index in [0.717, 1.165) is 19.4 Å². The first-order valence-electron chi connectivity index (χ1n) is 7.41. The molecule has 2 atom stereocenters. The summed E-state index contributed by atoms with van der Waals surface area (Å²) in [6, 6.07) is 4.00. The second kappa shape index (κ2) is 7.29. The van der Waals surface area contributed by atoms with E-state index >= 15 is 0 Å². The largest absolute Gasteiger partial charge is 0.496 e. The molecule has 7 nitrogen and oxygen atoms in total. The van der Waals surface area contributed by atoms with Crippen molar-refractivity contribution in [3.63, 3.8) is 0 Å². The molecule has 0 amide bonds. The molecule has 2 N–H and O–H groups in total. The van der Waals surface area contributed by atoms with Crippen LogP contribution in [0.15, 0.2) is 23.1 Å². The predicted molar refractivity (Wildman–Crippen MR) is 85.1 cm³/mol. The minimum absolute atomic E-state index is 0.0106. The van der Waals surface area contributed by atoms with Gasteiger partial charge in [0.25, 0.3) is 0 Å². The Hall–Kier alpha value is -1.64. The number of carbonyl (C=O) groups is 1. The Bertz CT molecular complexity index is 674. The molecule has 1 fully saturated rings. The average molecular weight is 342 g/mol. The molecule has 0 spiro atoms. The fourth-order valence-corrected chi connectivity index (χ4v) is 3.97. The van der Waals surface area contributed by atoms with Crippen molar-refractivity contribution in [1.29, 1.82) is 0 Å². The van der Waals surface area contributed by atoms with E-state index in [9.17, 15) is 13.2 Å². The van der Waals surface area contributed by atoms with Crippen LogP contribution in [0.2, 0.25) is 0 Å². The quantitative estimate of drug-likeness (QED) is 0.772. The van der Waals surface area contributed by atoms with Gasteiger partial charge in [0.15, 0.2) is 0 Å². The number of benzene rings is 1. The SMILES string of the molecule is COC(=O)c1cc(S(=O)(=O)NC2CCCNC2C)ccc1OC. The zero-order chi connectivity index (χ0) is 17.0. The molecule has 23 heavy (non-hydrogen) atoms. The summed E-state index contributed by atoms with van der Waals surface area (Å²) >= 11 is 0. The van der Waals surface area contributed by atoms with Crippen molar-refractivity contribution in [3.8, 4) is 5.75 Å². The lowest BCUT2D eigenvalue weighted by molar-refractivity contribution is 0.0597. The van der Waals surface area contributed by atoms with Gasteiger partial charge in [0, 0.05) is 12.1 Å². The standard InChI is InChI=1S/C15H22N2O5S/c1-10-13(5-4-8-16-10)17-23(19,20)11-6-7-14(21-2)12(9-11)15(18)22-3/h6-7,9-10,13,16-17H,4-5,8H2,1-3H3. The molecule has 1 saturated heterocycles. The number of ether oxygens (including phenoxy) is 2. The first kappa shape index (κ1) is 17.7. The molecule has 1 aromatic rings. The number of hydrogen-bond acceptors (Lipinski definition) is 6. The second-order valence-electron chi connectivity index (χ2n) is 5.47. The molecule has 0 aliphatic carbocycles. The summed E-state index contributed by atoms with van der Waals surface area (Å²) in [6.45, 7) is 2.83. The normalized spacial score (nSPS) is 21.7. The van der Waals surface area contributed by atoms with Crippen LogP contribution in [0.1, 0.15) is 30.1 Å². The van der Waals surface area contributed by atoms with E-state index < -0.39 is 16.0 Å². The molecule has 1 heterocycles. The fraction of sp³-hybridized carbons (Fsp3) is 0.533. The number of rotatable bonds is 5. The summed E-state index contributed by atoms with van der Waals surface area (Å²) in [7, 11) is -1.10. The first-order chi connectivity index (χ1) is 10.9. The highest BCUT2D eigenvalue weighted by atomic mass is 32.2. The maximum absolute atomic E-state index is 12.6. The Morgan fingerprint density at radius 3 is 2.70 bits per heavy atom. The van der Waals surface area contributed by atoms with Crippen molar-refractivity contribution in [3.05, 3.63) is 23.8 Å². The molecule has 1 aliphatic rings. The summed E-state index contributed by atoms with van der Waals surface area (Å²) in [6.07, 6.45) is 1.68. The summed E-state index contributed by atoms with van der Waals surface area (Å²) < 4.78 is 37.6. The van der Waals surface area contributed by atoms with Gasteiger partial charge in [-0.05, 0) is 44.5 Å². The average Bonchev–Trinajstić information content (AvgIpc) is 2.55. The van der Waals surface area contributed by atoms with E-state index in [1.54, 1.807) is 0 Å². The molecule has 8 heteroatoms. The molecule has 0 bridgehead atoms. The predicted octanol–water partition coefficient (Wildman–Crippen LogP) is 0.901. The highest BCUT2D eigenvalue weighted by Crippen LogP contribution is 2.24. The first-order valence-corrected chi connectivity index (χ1v) is 8.89. The van der Waals surface area contributed by atoms with Crippen LogP contribution >= 0.6 is 0 Å². The summed E-state index contributed by atoms with van der Waals surface area (Å²) in [5, 5.41) is 3.24. The van der Waals surface area contributed by atoms with Gasteiger partial charge in [-0.2, -0.15) is 0 Å². The minimum Gasteiger partial charge on any atom is -0.496 e. The Balaban J connectivity index is 2.30. The van der Waals surface area contributed by atoms with Crippen LogP contribution in [0.25, 0.3) is 0 Å². The smallest absolute Gasteiger partial charge is 0.341 e. The van der Waals surface area contributed by atoms with E-state index in [2.05, 4.69) is 14.8 Å². The topological polar surface area (TPSA) is 93.7 Å². The molecular weight excluding hydrogens is 320 g/mol. The zero-order valence-corrected chi connectivity index (χ0v) is 14.3. The molecular formula is C15H22N2O5S. The molecule has 2 rings (SSSR count). The van der Waals surface area contributed by atoms with Crippen LogP contribution in [0, 0.1) is 0 Å². The Labute approximate surface area is 136 Å². The van der Waals surface area contributed by atoms with Gasteiger partial charge in [-0.3, -0.25) is 0 Å². The van der Waals surface area contributed by atoms with E-state index in [4.69, 9.17) is 4.74 Å². The number of piperidine rings is 1. The highest BCUT2D eigenvalue weighted by molar-refractivity contribution is 7.89. The summed E-state index contributed by atoms with van der Waals surface area (Å²) in [5.41, 5.74) is 0.0766. The lowest BCUT2D eigenvalue weighted by Crippen LogP contribution is -2.51. The van der Waals surface area contributed by atoms with Crippen molar-refractivity contribution in [2.45, 2.75) is 36.7 Å². The number of carbonyl (C=O) groups excluding carboxylic acids is 1. The molecule has 1 aliphatic heterocycles. The maximum Gasteiger partial charge on any atom is 0.341 e. The zero-order valence-electron chi connectivity index (χ0n) is 13.5. The van der Waals surface area contributed by atoms with E-state index in [-0.39, 0.29) is 28.3 Å². The minimum atomic E-state index is -3.74. The maximum atomic E-state index is 12.6.